The highest BCUT2D eigenvalue weighted by Crippen LogP contribution is 2.16. The van der Waals surface area contributed by atoms with Crippen LogP contribution in [0, 0.1) is 5.82 Å². The molecule has 27 heavy (non-hydrogen) atoms. The minimum Gasteiger partial charge on any atom is -0.378 e. The van der Waals surface area contributed by atoms with E-state index in [0.717, 1.165) is 10.4 Å². The maximum Gasteiger partial charge on any atom is 0.276 e. The molecule has 0 saturated carbocycles. The first-order valence-electron chi connectivity index (χ1n) is 8.34. The Kier molecular flexibility index (Phi) is 5.30. The SMILES string of the molecule is CN(C)c1ccc(NC(=O)c2ccc(=O)n(Cc3cccc(F)c3)n2)cc1. The highest BCUT2D eigenvalue weighted by molar-refractivity contribution is 6.02. The Hall–Kier alpha value is -3.48. The van der Waals surface area contributed by atoms with Crippen molar-refractivity contribution >= 4 is 17.3 Å². The summed E-state index contributed by atoms with van der Waals surface area (Å²) >= 11 is 0. The molecule has 138 valence electrons. The van der Waals surface area contributed by atoms with Crippen molar-refractivity contribution in [1.82, 2.24) is 9.78 Å². The molecule has 2 aromatic carbocycles. The van der Waals surface area contributed by atoms with Crippen molar-refractivity contribution in [3.05, 3.63) is 88.1 Å². The Balaban J connectivity index is 1.78. The van der Waals surface area contributed by atoms with Crippen LogP contribution in [0.4, 0.5) is 15.8 Å². The van der Waals surface area contributed by atoms with E-state index in [-0.39, 0.29) is 17.8 Å². The molecule has 0 spiro atoms. The summed E-state index contributed by atoms with van der Waals surface area (Å²) in [7, 11) is 3.86. The molecule has 0 bridgehead atoms. The summed E-state index contributed by atoms with van der Waals surface area (Å²) in [5.74, 6) is -0.823. The summed E-state index contributed by atoms with van der Waals surface area (Å²) in [6, 6.07) is 15.9. The van der Waals surface area contributed by atoms with Gasteiger partial charge in [-0.25, -0.2) is 9.07 Å². The van der Waals surface area contributed by atoms with Gasteiger partial charge < -0.3 is 10.2 Å². The van der Waals surface area contributed by atoms with E-state index < -0.39 is 11.7 Å². The predicted molar refractivity (Wildman–Crippen MR) is 103 cm³/mol. The summed E-state index contributed by atoms with van der Waals surface area (Å²) in [5.41, 5.74) is 1.94. The Morgan fingerprint density at radius 3 is 2.52 bits per heavy atom. The summed E-state index contributed by atoms with van der Waals surface area (Å²) < 4.78 is 14.5. The molecule has 0 atom stereocenters. The molecule has 0 aliphatic carbocycles. The molecule has 0 unspecified atom stereocenters. The fourth-order valence-electron chi connectivity index (χ4n) is 2.53. The van der Waals surface area contributed by atoms with Crippen LogP contribution in [0.15, 0.2) is 65.5 Å². The van der Waals surface area contributed by atoms with Crippen molar-refractivity contribution < 1.29 is 9.18 Å². The van der Waals surface area contributed by atoms with Gasteiger partial charge in [-0.2, -0.15) is 5.10 Å². The van der Waals surface area contributed by atoms with Gasteiger partial charge in [0, 0.05) is 31.5 Å². The van der Waals surface area contributed by atoms with Crippen LogP contribution in [0.3, 0.4) is 0 Å². The van der Waals surface area contributed by atoms with Gasteiger partial charge in [0.15, 0.2) is 0 Å². The number of amides is 1. The van der Waals surface area contributed by atoms with Gasteiger partial charge in [-0.3, -0.25) is 9.59 Å². The molecule has 0 saturated heterocycles. The zero-order valence-electron chi connectivity index (χ0n) is 15.0. The van der Waals surface area contributed by atoms with Gasteiger partial charge in [-0.1, -0.05) is 12.1 Å². The van der Waals surface area contributed by atoms with E-state index in [1.807, 2.05) is 31.1 Å². The predicted octanol–water partition coefficient (Wildman–Crippen LogP) is 2.75. The summed E-state index contributed by atoms with van der Waals surface area (Å²) in [4.78, 5) is 26.4. The monoisotopic (exact) mass is 366 g/mol. The fourth-order valence-corrected chi connectivity index (χ4v) is 2.53. The number of hydrogen-bond donors (Lipinski definition) is 1. The van der Waals surface area contributed by atoms with Crippen LogP contribution in [0.25, 0.3) is 0 Å². The quantitative estimate of drug-likeness (QED) is 0.754. The molecule has 1 heterocycles. The number of nitrogens with one attached hydrogen (secondary N) is 1. The average molecular weight is 366 g/mol. The lowest BCUT2D eigenvalue weighted by atomic mass is 10.2. The second-order valence-corrected chi connectivity index (χ2v) is 6.24. The van der Waals surface area contributed by atoms with Gasteiger partial charge in [-0.15, -0.1) is 0 Å². The number of benzene rings is 2. The van der Waals surface area contributed by atoms with Crippen molar-refractivity contribution in [3.8, 4) is 0 Å². The number of carbonyl (C=O) groups excluding carboxylic acids is 1. The first-order valence-corrected chi connectivity index (χ1v) is 8.34. The third-order valence-electron chi connectivity index (χ3n) is 3.96. The maximum atomic E-state index is 13.3. The van der Waals surface area contributed by atoms with Gasteiger partial charge in [0.2, 0.25) is 0 Å². The molecule has 0 aliphatic rings. The third-order valence-corrected chi connectivity index (χ3v) is 3.96. The second kappa shape index (κ2) is 7.82. The van der Waals surface area contributed by atoms with Crippen LogP contribution in [-0.4, -0.2) is 29.8 Å². The zero-order chi connectivity index (χ0) is 19.4. The lowest BCUT2D eigenvalue weighted by molar-refractivity contribution is 0.102. The van der Waals surface area contributed by atoms with Crippen LogP contribution >= 0.6 is 0 Å². The van der Waals surface area contributed by atoms with Crippen molar-refractivity contribution in [1.29, 1.82) is 0 Å². The third kappa shape index (κ3) is 4.58. The van der Waals surface area contributed by atoms with Crippen LogP contribution in [0.2, 0.25) is 0 Å². The summed E-state index contributed by atoms with van der Waals surface area (Å²) in [6.45, 7) is 0.0786. The lowest BCUT2D eigenvalue weighted by Crippen LogP contribution is -2.26. The average Bonchev–Trinajstić information content (AvgIpc) is 2.64. The molecular formula is C20H19FN4O2. The van der Waals surface area contributed by atoms with E-state index in [4.69, 9.17) is 0 Å². The number of carbonyl (C=O) groups is 1. The highest BCUT2D eigenvalue weighted by Gasteiger charge is 2.11. The van der Waals surface area contributed by atoms with Crippen LogP contribution in [-0.2, 0) is 6.54 Å². The molecule has 3 rings (SSSR count). The van der Waals surface area contributed by atoms with Crippen molar-refractivity contribution in [2.75, 3.05) is 24.3 Å². The molecule has 0 fully saturated rings. The standard InChI is InChI=1S/C20H19FN4O2/c1-24(2)17-8-6-16(7-9-17)22-20(27)18-10-11-19(26)25(23-18)13-14-4-3-5-15(21)12-14/h3-12H,13H2,1-2H3,(H,22,27). The van der Waals surface area contributed by atoms with Crippen molar-refractivity contribution in [2.45, 2.75) is 6.54 Å². The first kappa shape index (κ1) is 18.3. The molecule has 3 aromatic rings. The first-order chi connectivity index (χ1) is 12.9. The largest absolute Gasteiger partial charge is 0.378 e. The zero-order valence-corrected chi connectivity index (χ0v) is 15.0. The van der Waals surface area contributed by atoms with Gasteiger partial charge in [0.05, 0.1) is 6.54 Å². The molecule has 6 nitrogen and oxygen atoms in total. The molecular weight excluding hydrogens is 347 g/mol. The van der Waals surface area contributed by atoms with E-state index >= 15 is 0 Å². The minimum absolute atomic E-state index is 0.0786. The van der Waals surface area contributed by atoms with Gasteiger partial charge in [0.25, 0.3) is 11.5 Å². The summed E-state index contributed by atoms with van der Waals surface area (Å²) in [6.07, 6.45) is 0. The maximum absolute atomic E-state index is 13.3. The number of rotatable bonds is 5. The summed E-state index contributed by atoms with van der Waals surface area (Å²) in [5, 5.41) is 6.85. The normalized spacial score (nSPS) is 10.5. The minimum atomic E-state index is -0.430. The number of hydrogen-bond acceptors (Lipinski definition) is 4. The van der Waals surface area contributed by atoms with Gasteiger partial charge in [0.1, 0.15) is 11.5 Å². The van der Waals surface area contributed by atoms with E-state index in [0.29, 0.717) is 11.3 Å². The lowest BCUT2D eigenvalue weighted by Gasteiger charge is -2.13. The number of nitrogens with zero attached hydrogens (tertiary/aromatic N) is 3. The van der Waals surface area contributed by atoms with Crippen LogP contribution < -0.4 is 15.8 Å². The van der Waals surface area contributed by atoms with Crippen LogP contribution in [0.1, 0.15) is 16.1 Å². The molecule has 1 aromatic heterocycles. The Bertz CT molecular complexity index is 1010. The number of aromatic nitrogens is 2. The van der Waals surface area contributed by atoms with E-state index in [1.165, 1.54) is 24.3 Å². The van der Waals surface area contributed by atoms with Gasteiger partial charge in [-0.05, 0) is 48.0 Å². The van der Waals surface area contributed by atoms with Crippen molar-refractivity contribution in [3.63, 3.8) is 0 Å². The molecule has 1 amide bonds. The molecule has 7 heteroatoms. The Morgan fingerprint density at radius 2 is 1.85 bits per heavy atom. The topological polar surface area (TPSA) is 67.2 Å². The Morgan fingerprint density at radius 1 is 1.11 bits per heavy atom. The van der Waals surface area contributed by atoms with Crippen molar-refractivity contribution in [2.24, 2.45) is 0 Å². The highest BCUT2D eigenvalue weighted by atomic mass is 19.1. The van der Waals surface area contributed by atoms with E-state index in [2.05, 4.69) is 10.4 Å². The molecule has 0 radical (unpaired) electrons. The van der Waals surface area contributed by atoms with Crippen LogP contribution in [0.5, 0.6) is 0 Å². The molecule has 1 N–H and O–H groups in total. The second-order valence-electron chi connectivity index (χ2n) is 6.24. The number of halogens is 1. The van der Waals surface area contributed by atoms with E-state index in [1.54, 1.807) is 24.3 Å². The fraction of sp³-hybridized carbons (Fsp3) is 0.150. The molecule has 0 aliphatic heterocycles. The van der Waals surface area contributed by atoms with Gasteiger partial charge >= 0.3 is 0 Å². The Labute approximate surface area is 155 Å². The number of anilines is 2. The van der Waals surface area contributed by atoms with E-state index in [9.17, 15) is 14.0 Å². The smallest absolute Gasteiger partial charge is 0.276 e.